The quantitative estimate of drug-likeness (QED) is 0.662. The van der Waals surface area contributed by atoms with Gasteiger partial charge in [-0.15, -0.1) is 0 Å². The molecule has 0 fully saturated rings. The van der Waals surface area contributed by atoms with Crippen LogP contribution in [0.3, 0.4) is 0 Å². The molecule has 3 nitrogen and oxygen atoms in total. The molecule has 0 aliphatic heterocycles. The highest BCUT2D eigenvalue weighted by Gasteiger charge is 2.14. The molecule has 0 unspecified atom stereocenters. The lowest BCUT2D eigenvalue weighted by atomic mass is 10.0. The van der Waals surface area contributed by atoms with Gasteiger partial charge in [0.15, 0.2) is 5.75 Å². The summed E-state index contributed by atoms with van der Waals surface area (Å²) in [6, 6.07) is 9.17. The Morgan fingerprint density at radius 3 is 2.29 bits per heavy atom. The Labute approximate surface area is 154 Å². The van der Waals surface area contributed by atoms with Crippen LogP contribution in [0.2, 0.25) is 10.0 Å². The molecule has 0 bridgehead atoms. The molecule has 2 aromatic rings. The van der Waals surface area contributed by atoms with Crippen LogP contribution in [0.4, 0.5) is 0 Å². The fourth-order valence-corrected chi connectivity index (χ4v) is 2.69. The topological polar surface area (TPSA) is 44.5 Å². The second-order valence-electron chi connectivity index (χ2n) is 5.21. The third kappa shape index (κ3) is 4.79. The minimum absolute atomic E-state index is 0.305. The molecule has 0 amide bonds. The van der Waals surface area contributed by atoms with Crippen molar-refractivity contribution in [3.63, 3.8) is 0 Å². The van der Waals surface area contributed by atoms with Crippen molar-refractivity contribution in [1.82, 2.24) is 0 Å². The van der Waals surface area contributed by atoms with Crippen LogP contribution in [0.5, 0.6) is 17.2 Å². The van der Waals surface area contributed by atoms with Crippen molar-refractivity contribution in [3.05, 3.63) is 51.5 Å². The van der Waals surface area contributed by atoms with E-state index in [4.69, 9.17) is 38.4 Å². The summed E-state index contributed by atoms with van der Waals surface area (Å²) in [4.78, 5) is 0. The molecule has 0 aliphatic carbocycles. The SMILES string of the molecule is CC.COc1ccc(Oc2c(Cl)ccc(CN)c2Cl)cc1C(C)C. The molecule has 5 heteroatoms. The fraction of sp³-hybridized carbons (Fsp3) is 0.368. The monoisotopic (exact) mass is 369 g/mol. The Balaban J connectivity index is 0.00000139. The van der Waals surface area contributed by atoms with E-state index in [1.54, 1.807) is 19.2 Å². The van der Waals surface area contributed by atoms with E-state index >= 15 is 0 Å². The van der Waals surface area contributed by atoms with Gasteiger partial charge in [-0.2, -0.15) is 0 Å². The second kappa shape index (κ2) is 9.77. The van der Waals surface area contributed by atoms with Gasteiger partial charge in [0.05, 0.1) is 17.2 Å². The number of hydrogen-bond donors (Lipinski definition) is 1. The van der Waals surface area contributed by atoms with Crippen LogP contribution in [0.15, 0.2) is 30.3 Å². The molecule has 2 rings (SSSR count). The zero-order valence-corrected chi connectivity index (χ0v) is 16.3. The summed E-state index contributed by atoms with van der Waals surface area (Å²) in [7, 11) is 1.65. The van der Waals surface area contributed by atoms with E-state index in [-0.39, 0.29) is 0 Å². The van der Waals surface area contributed by atoms with Gasteiger partial charge in [0.2, 0.25) is 0 Å². The van der Waals surface area contributed by atoms with Gasteiger partial charge >= 0.3 is 0 Å². The first-order valence-corrected chi connectivity index (χ1v) is 8.76. The lowest BCUT2D eigenvalue weighted by Crippen LogP contribution is -1.99. The summed E-state index contributed by atoms with van der Waals surface area (Å²) in [6.45, 7) is 8.51. The minimum Gasteiger partial charge on any atom is -0.496 e. The first-order chi connectivity index (χ1) is 11.5. The first-order valence-electron chi connectivity index (χ1n) is 8.00. The van der Waals surface area contributed by atoms with E-state index in [0.717, 1.165) is 16.9 Å². The van der Waals surface area contributed by atoms with Gasteiger partial charge in [-0.1, -0.05) is 57.0 Å². The molecule has 0 atom stereocenters. The van der Waals surface area contributed by atoms with Gasteiger partial charge < -0.3 is 15.2 Å². The summed E-state index contributed by atoms with van der Waals surface area (Å²) in [5.74, 6) is 2.21. The largest absolute Gasteiger partial charge is 0.496 e. The molecular formula is C19H25Cl2NO2. The van der Waals surface area contributed by atoms with E-state index in [1.807, 2.05) is 32.0 Å². The van der Waals surface area contributed by atoms with Crippen LogP contribution in [-0.4, -0.2) is 7.11 Å². The van der Waals surface area contributed by atoms with Crippen LogP contribution < -0.4 is 15.2 Å². The first kappa shape index (κ1) is 20.6. The van der Waals surface area contributed by atoms with Gasteiger partial charge in [0, 0.05) is 12.1 Å². The van der Waals surface area contributed by atoms with Gasteiger partial charge in [0.25, 0.3) is 0 Å². The number of benzene rings is 2. The Hall–Kier alpha value is -1.42. The van der Waals surface area contributed by atoms with E-state index in [2.05, 4.69) is 13.8 Å². The Kier molecular flexibility index (Phi) is 8.40. The molecule has 0 aliphatic rings. The summed E-state index contributed by atoms with van der Waals surface area (Å²) < 4.78 is 11.3. The lowest BCUT2D eigenvalue weighted by Gasteiger charge is -2.16. The molecule has 0 aromatic heterocycles. The number of ether oxygens (including phenoxy) is 2. The number of methoxy groups -OCH3 is 1. The Bertz CT molecular complexity index is 673. The molecule has 132 valence electrons. The number of nitrogens with two attached hydrogens (primary N) is 1. The third-order valence-corrected chi connectivity index (χ3v) is 4.10. The summed E-state index contributed by atoms with van der Waals surface area (Å²) in [6.07, 6.45) is 0. The smallest absolute Gasteiger partial charge is 0.164 e. The highest BCUT2D eigenvalue weighted by atomic mass is 35.5. The summed E-state index contributed by atoms with van der Waals surface area (Å²) in [5.41, 5.74) is 7.51. The van der Waals surface area contributed by atoms with Crippen molar-refractivity contribution < 1.29 is 9.47 Å². The van der Waals surface area contributed by atoms with Crippen molar-refractivity contribution in [2.75, 3.05) is 7.11 Å². The number of rotatable bonds is 5. The Morgan fingerprint density at radius 2 is 1.75 bits per heavy atom. The normalized spacial score (nSPS) is 10.2. The van der Waals surface area contributed by atoms with E-state index in [0.29, 0.717) is 34.0 Å². The van der Waals surface area contributed by atoms with Crippen LogP contribution >= 0.6 is 23.2 Å². The zero-order chi connectivity index (χ0) is 18.3. The van der Waals surface area contributed by atoms with E-state index in [1.165, 1.54) is 0 Å². The average molecular weight is 370 g/mol. The molecule has 0 saturated heterocycles. The Morgan fingerprint density at radius 1 is 1.08 bits per heavy atom. The molecule has 0 radical (unpaired) electrons. The van der Waals surface area contributed by atoms with Crippen molar-refractivity contribution in [2.24, 2.45) is 5.73 Å². The lowest BCUT2D eigenvalue weighted by molar-refractivity contribution is 0.405. The number of hydrogen-bond acceptors (Lipinski definition) is 3. The molecule has 2 aromatic carbocycles. The summed E-state index contributed by atoms with van der Waals surface area (Å²) >= 11 is 12.5. The van der Waals surface area contributed by atoms with Crippen LogP contribution in [0.1, 0.15) is 44.7 Å². The maximum atomic E-state index is 6.31. The summed E-state index contributed by atoms with van der Waals surface area (Å²) in [5, 5.41) is 0.890. The van der Waals surface area contributed by atoms with Crippen molar-refractivity contribution in [3.8, 4) is 17.2 Å². The molecule has 0 saturated carbocycles. The molecular weight excluding hydrogens is 345 g/mol. The highest BCUT2D eigenvalue weighted by molar-refractivity contribution is 6.37. The van der Waals surface area contributed by atoms with Crippen molar-refractivity contribution in [2.45, 2.75) is 40.2 Å². The van der Waals surface area contributed by atoms with E-state index < -0.39 is 0 Å². The fourth-order valence-electron chi connectivity index (χ4n) is 2.17. The standard InChI is InChI=1S/C17H19Cl2NO2.C2H6/c1-10(2)13-8-12(5-7-15(13)21-3)22-17-14(18)6-4-11(9-20)16(17)19;1-2/h4-8,10H,9,20H2,1-3H3;1-2H3. The molecule has 0 spiro atoms. The maximum Gasteiger partial charge on any atom is 0.164 e. The zero-order valence-electron chi connectivity index (χ0n) is 14.8. The number of halogens is 2. The van der Waals surface area contributed by atoms with Gasteiger partial charge in [-0.05, 0) is 35.7 Å². The van der Waals surface area contributed by atoms with Gasteiger partial charge in [0.1, 0.15) is 11.5 Å². The van der Waals surface area contributed by atoms with Crippen molar-refractivity contribution >= 4 is 23.2 Å². The van der Waals surface area contributed by atoms with Crippen LogP contribution in [-0.2, 0) is 6.54 Å². The third-order valence-electron chi connectivity index (χ3n) is 3.39. The van der Waals surface area contributed by atoms with E-state index in [9.17, 15) is 0 Å². The molecule has 0 heterocycles. The minimum atomic E-state index is 0.305. The van der Waals surface area contributed by atoms with Crippen LogP contribution in [0.25, 0.3) is 0 Å². The maximum absolute atomic E-state index is 6.31. The second-order valence-corrected chi connectivity index (χ2v) is 6.00. The predicted octanol–water partition coefficient (Wildman–Crippen LogP) is 6.40. The highest BCUT2D eigenvalue weighted by Crippen LogP contribution is 2.40. The molecule has 2 N–H and O–H groups in total. The predicted molar refractivity (Wildman–Crippen MR) is 103 cm³/mol. The van der Waals surface area contributed by atoms with Crippen molar-refractivity contribution in [1.29, 1.82) is 0 Å². The average Bonchev–Trinajstić information content (AvgIpc) is 2.60. The van der Waals surface area contributed by atoms with Gasteiger partial charge in [-0.3, -0.25) is 0 Å². The van der Waals surface area contributed by atoms with Crippen LogP contribution in [0, 0.1) is 0 Å². The van der Waals surface area contributed by atoms with Gasteiger partial charge in [-0.25, -0.2) is 0 Å². The molecule has 24 heavy (non-hydrogen) atoms.